The molecule has 0 saturated carbocycles. The van der Waals surface area contributed by atoms with Gasteiger partial charge in [-0.05, 0) is 50.5 Å². The number of rotatable bonds is 6. The van der Waals surface area contributed by atoms with Crippen molar-refractivity contribution in [1.82, 2.24) is 15.4 Å². The van der Waals surface area contributed by atoms with Crippen molar-refractivity contribution in [3.05, 3.63) is 77.0 Å². The highest BCUT2D eigenvalue weighted by atomic mass is 16.5. The Hall–Kier alpha value is -3.08. The summed E-state index contributed by atoms with van der Waals surface area (Å²) < 4.78 is 5.55. The zero-order valence-corrected chi connectivity index (χ0v) is 16.9. The summed E-state index contributed by atoms with van der Waals surface area (Å²) in [5, 5.41) is 7.16. The summed E-state index contributed by atoms with van der Waals surface area (Å²) in [5.41, 5.74) is 5.23. The van der Waals surface area contributed by atoms with Crippen molar-refractivity contribution in [2.24, 2.45) is 0 Å². The summed E-state index contributed by atoms with van der Waals surface area (Å²) in [6, 6.07) is 18.0. The molecule has 5 heteroatoms. The van der Waals surface area contributed by atoms with E-state index in [2.05, 4.69) is 36.5 Å². The van der Waals surface area contributed by atoms with Gasteiger partial charge in [0.05, 0.1) is 6.54 Å². The number of hydrogen-bond acceptors (Lipinski definition) is 3. The van der Waals surface area contributed by atoms with E-state index in [4.69, 9.17) is 4.52 Å². The zero-order chi connectivity index (χ0) is 20.1. The zero-order valence-electron chi connectivity index (χ0n) is 16.9. The molecule has 28 heavy (non-hydrogen) atoms. The van der Waals surface area contributed by atoms with Crippen LogP contribution in [0.1, 0.15) is 36.2 Å². The maximum Gasteiger partial charge on any atom is 0.318 e. The van der Waals surface area contributed by atoms with Crippen LogP contribution in [-0.2, 0) is 13.1 Å². The summed E-state index contributed by atoms with van der Waals surface area (Å²) in [6.45, 7) is 8.94. The fraction of sp³-hybridized carbons (Fsp3) is 0.304. The van der Waals surface area contributed by atoms with E-state index < -0.39 is 0 Å². The number of hydrogen-bond donors (Lipinski definition) is 1. The Morgan fingerprint density at radius 2 is 1.79 bits per heavy atom. The minimum absolute atomic E-state index is 0.0641. The number of carbonyl (C=O) groups is 1. The Labute approximate surface area is 166 Å². The topological polar surface area (TPSA) is 58.4 Å². The van der Waals surface area contributed by atoms with Crippen LogP contribution in [0.5, 0.6) is 0 Å². The Balaban J connectivity index is 1.79. The van der Waals surface area contributed by atoms with E-state index in [1.165, 1.54) is 11.1 Å². The van der Waals surface area contributed by atoms with Gasteiger partial charge < -0.3 is 14.7 Å². The molecule has 0 aliphatic carbocycles. The highest BCUT2D eigenvalue weighted by Crippen LogP contribution is 2.23. The van der Waals surface area contributed by atoms with Crippen LogP contribution in [-0.4, -0.2) is 22.1 Å². The van der Waals surface area contributed by atoms with Gasteiger partial charge in [-0.15, -0.1) is 0 Å². The molecule has 5 nitrogen and oxygen atoms in total. The van der Waals surface area contributed by atoms with Gasteiger partial charge in [0, 0.05) is 24.2 Å². The van der Waals surface area contributed by atoms with E-state index in [1.54, 1.807) is 4.90 Å². The number of aromatic nitrogens is 1. The van der Waals surface area contributed by atoms with E-state index in [0.717, 1.165) is 16.8 Å². The quantitative estimate of drug-likeness (QED) is 0.652. The first-order valence-corrected chi connectivity index (χ1v) is 9.55. The largest absolute Gasteiger partial charge is 0.356 e. The molecule has 0 saturated heterocycles. The first kappa shape index (κ1) is 19.7. The molecule has 3 rings (SSSR count). The fourth-order valence-corrected chi connectivity index (χ4v) is 2.95. The number of benzene rings is 2. The standard InChI is InChI=1S/C23H27N3O2/c1-16(2)24-23(27)26(14-19-8-6-5-7-9-19)15-21-13-22(28-25-21)20-11-10-17(3)18(4)12-20/h5-13,16H,14-15H2,1-4H3,(H,24,27). The Bertz CT molecular complexity index is 932. The first-order chi connectivity index (χ1) is 13.4. The molecule has 1 N–H and O–H groups in total. The van der Waals surface area contributed by atoms with E-state index in [9.17, 15) is 4.79 Å². The molecule has 1 aromatic heterocycles. The van der Waals surface area contributed by atoms with Crippen molar-refractivity contribution in [2.75, 3.05) is 0 Å². The van der Waals surface area contributed by atoms with Crippen LogP contribution in [0.2, 0.25) is 0 Å². The number of nitrogens with one attached hydrogen (secondary N) is 1. The number of aryl methyl sites for hydroxylation is 2. The second-order valence-corrected chi connectivity index (χ2v) is 7.43. The van der Waals surface area contributed by atoms with Gasteiger partial charge in [-0.2, -0.15) is 0 Å². The third-order valence-electron chi connectivity index (χ3n) is 4.62. The van der Waals surface area contributed by atoms with Crippen molar-refractivity contribution < 1.29 is 9.32 Å². The average molecular weight is 377 g/mol. The van der Waals surface area contributed by atoms with E-state index >= 15 is 0 Å². The Kier molecular flexibility index (Phi) is 6.14. The van der Waals surface area contributed by atoms with Gasteiger partial charge >= 0.3 is 6.03 Å². The third kappa shape index (κ3) is 5.00. The van der Waals surface area contributed by atoms with Crippen LogP contribution in [0.15, 0.2) is 59.1 Å². The van der Waals surface area contributed by atoms with Crippen molar-refractivity contribution >= 4 is 6.03 Å². The fourth-order valence-electron chi connectivity index (χ4n) is 2.95. The SMILES string of the molecule is Cc1ccc(-c2cc(CN(Cc3ccccc3)C(=O)NC(C)C)no2)cc1C. The van der Waals surface area contributed by atoms with Gasteiger partial charge in [0.15, 0.2) is 5.76 Å². The minimum atomic E-state index is -0.116. The van der Waals surface area contributed by atoms with Gasteiger partial charge in [-0.1, -0.05) is 47.6 Å². The molecule has 2 aromatic carbocycles. The molecule has 0 aliphatic rings. The van der Waals surface area contributed by atoms with Gasteiger partial charge in [0.1, 0.15) is 5.69 Å². The van der Waals surface area contributed by atoms with E-state index in [0.29, 0.717) is 18.8 Å². The van der Waals surface area contributed by atoms with Crippen molar-refractivity contribution in [3.8, 4) is 11.3 Å². The van der Waals surface area contributed by atoms with Crippen LogP contribution < -0.4 is 5.32 Å². The maximum atomic E-state index is 12.7. The number of amides is 2. The van der Waals surface area contributed by atoms with E-state index in [1.807, 2.05) is 56.3 Å². The van der Waals surface area contributed by atoms with Crippen molar-refractivity contribution in [3.63, 3.8) is 0 Å². The molecule has 3 aromatic rings. The van der Waals surface area contributed by atoms with E-state index in [-0.39, 0.29) is 12.1 Å². The van der Waals surface area contributed by atoms with Crippen LogP contribution in [0.25, 0.3) is 11.3 Å². The third-order valence-corrected chi connectivity index (χ3v) is 4.62. The number of carbonyl (C=O) groups excluding carboxylic acids is 1. The lowest BCUT2D eigenvalue weighted by Gasteiger charge is -2.23. The number of nitrogens with zero attached hydrogens (tertiary/aromatic N) is 2. The number of urea groups is 1. The minimum Gasteiger partial charge on any atom is -0.356 e. The average Bonchev–Trinajstić information content (AvgIpc) is 3.12. The summed E-state index contributed by atoms with van der Waals surface area (Å²) in [7, 11) is 0. The summed E-state index contributed by atoms with van der Waals surface area (Å²) in [4.78, 5) is 14.4. The second kappa shape index (κ2) is 8.74. The molecule has 0 atom stereocenters. The molecule has 1 heterocycles. The van der Waals surface area contributed by atoms with Gasteiger partial charge in [-0.25, -0.2) is 4.79 Å². The van der Waals surface area contributed by atoms with Crippen molar-refractivity contribution in [2.45, 2.75) is 46.8 Å². The van der Waals surface area contributed by atoms with Crippen molar-refractivity contribution in [1.29, 1.82) is 0 Å². The predicted molar refractivity (Wildman–Crippen MR) is 111 cm³/mol. The first-order valence-electron chi connectivity index (χ1n) is 9.55. The predicted octanol–water partition coefficient (Wildman–Crippen LogP) is 5.08. The molecule has 0 aliphatic heterocycles. The monoisotopic (exact) mass is 377 g/mol. The highest BCUT2D eigenvalue weighted by Gasteiger charge is 2.18. The second-order valence-electron chi connectivity index (χ2n) is 7.43. The molecule has 2 amide bonds. The highest BCUT2D eigenvalue weighted by molar-refractivity contribution is 5.74. The molecule has 0 bridgehead atoms. The summed E-state index contributed by atoms with van der Waals surface area (Å²) >= 11 is 0. The van der Waals surface area contributed by atoms with Crippen LogP contribution in [0, 0.1) is 13.8 Å². The Morgan fingerprint density at radius 1 is 1.04 bits per heavy atom. The maximum absolute atomic E-state index is 12.7. The van der Waals surface area contributed by atoms with Gasteiger partial charge in [-0.3, -0.25) is 0 Å². The lowest BCUT2D eigenvalue weighted by Crippen LogP contribution is -2.42. The summed E-state index contributed by atoms with van der Waals surface area (Å²) in [5.74, 6) is 0.710. The lowest BCUT2D eigenvalue weighted by atomic mass is 10.0. The normalized spacial score (nSPS) is 10.9. The molecule has 0 radical (unpaired) electrons. The molecule has 0 fully saturated rings. The Morgan fingerprint density at radius 3 is 2.46 bits per heavy atom. The summed E-state index contributed by atoms with van der Waals surface area (Å²) in [6.07, 6.45) is 0. The van der Waals surface area contributed by atoms with Gasteiger partial charge in [0.2, 0.25) is 0 Å². The van der Waals surface area contributed by atoms with Gasteiger partial charge in [0.25, 0.3) is 0 Å². The smallest absolute Gasteiger partial charge is 0.318 e. The van der Waals surface area contributed by atoms with Crippen LogP contribution >= 0.6 is 0 Å². The van der Waals surface area contributed by atoms with Crippen LogP contribution in [0.3, 0.4) is 0 Å². The van der Waals surface area contributed by atoms with Crippen LogP contribution in [0.4, 0.5) is 4.79 Å². The molecular weight excluding hydrogens is 350 g/mol. The molecule has 146 valence electrons. The molecular formula is C23H27N3O2. The lowest BCUT2D eigenvalue weighted by molar-refractivity contribution is 0.188. The molecule has 0 unspecified atom stereocenters. The molecule has 0 spiro atoms.